The number of benzene rings is 1. The van der Waals surface area contributed by atoms with E-state index in [1.165, 1.54) is 11.3 Å². The van der Waals surface area contributed by atoms with Gasteiger partial charge in [0, 0.05) is 16.0 Å². The van der Waals surface area contributed by atoms with E-state index in [-0.39, 0.29) is 11.5 Å². The van der Waals surface area contributed by atoms with Gasteiger partial charge in [0.25, 0.3) is 0 Å². The van der Waals surface area contributed by atoms with Crippen LogP contribution >= 0.6 is 11.3 Å². The van der Waals surface area contributed by atoms with Gasteiger partial charge < -0.3 is 9.47 Å². The number of para-hydroxylation sites is 1. The first-order chi connectivity index (χ1) is 11.0. The lowest BCUT2D eigenvalue weighted by Crippen LogP contribution is -2.18. The number of hydrogen-bond donors (Lipinski definition) is 0. The summed E-state index contributed by atoms with van der Waals surface area (Å²) >= 11 is 1.37. The molecule has 3 heterocycles. The fourth-order valence-corrected chi connectivity index (χ4v) is 5.53. The monoisotopic (exact) mass is 350 g/mol. The van der Waals surface area contributed by atoms with Crippen molar-refractivity contribution in [1.82, 2.24) is 0 Å². The van der Waals surface area contributed by atoms with E-state index < -0.39 is 21.9 Å². The van der Waals surface area contributed by atoms with Crippen LogP contribution in [0, 0.1) is 0 Å². The van der Waals surface area contributed by atoms with Crippen molar-refractivity contribution in [3.05, 3.63) is 40.8 Å². The fraction of sp³-hybridized carbons (Fsp3) is 0.312. The molecule has 0 unspecified atom stereocenters. The van der Waals surface area contributed by atoms with Gasteiger partial charge in [-0.2, -0.15) is 0 Å². The maximum absolute atomic E-state index is 12.3. The molecule has 1 fully saturated rings. The Kier molecular flexibility index (Phi) is 3.42. The predicted octanol–water partition coefficient (Wildman–Crippen LogP) is 2.65. The molecule has 5 nitrogen and oxygen atoms in total. The van der Waals surface area contributed by atoms with Crippen LogP contribution in [0.2, 0.25) is 0 Å². The highest BCUT2D eigenvalue weighted by Gasteiger charge is 2.32. The summed E-state index contributed by atoms with van der Waals surface area (Å²) in [6, 6.07) is 9.48. The van der Waals surface area contributed by atoms with E-state index in [1.807, 2.05) is 24.3 Å². The SMILES string of the molecule is O=C(O[C@@H]1CCS(=O)(=O)C1)c1cc2c(s1)-c1ccccc1OC2. The summed E-state index contributed by atoms with van der Waals surface area (Å²) in [4.78, 5) is 13.8. The van der Waals surface area contributed by atoms with Crippen molar-refractivity contribution in [3.63, 3.8) is 0 Å². The lowest BCUT2D eigenvalue weighted by molar-refractivity contribution is 0.0362. The first kappa shape index (κ1) is 14.7. The average Bonchev–Trinajstić information content (AvgIpc) is 3.10. The Hall–Kier alpha value is -1.86. The molecule has 2 aromatic rings. The van der Waals surface area contributed by atoms with Gasteiger partial charge in [0.1, 0.15) is 23.3 Å². The maximum Gasteiger partial charge on any atom is 0.348 e. The van der Waals surface area contributed by atoms with E-state index in [0.717, 1.165) is 21.8 Å². The Morgan fingerprint density at radius 1 is 1.30 bits per heavy atom. The van der Waals surface area contributed by atoms with Crippen molar-refractivity contribution < 1.29 is 22.7 Å². The molecule has 0 saturated carbocycles. The Labute approximate surface area is 137 Å². The van der Waals surface area contributed by atoms with Crippen LogP contribution in [0.3, 0.4) is 0 Å². The number of thiophene rings is 1. The summed E-state index contributed by atoms with van der Waals surface area (Å²) in [5.74, 6) is 0.371. The number of fused-ring (bicyclic) bond motifs is 3. The minimum absolute atomic E-state index is 0.0736. The summed E-state index contributed by atoms with van der Waals surface area (Å²) in [6.45, 7) is 0.425. The van der Waals surface area contributed by atoms with Crippen LogP contribution in [0.5, 0.6) is 5.75 Å². The van der Waals surface area contributed by atoms with Gasteiger partial charge in [0.2, 0.25) is 0 Å². The van der Waals surface area contributed by atoms with Gasteiger partial charge >= 0.3 is 5.97 Å². The number of sulfone groups is 1. The minimum atomic E-state index is -3.06. The second kappa shape index (κ2) is 5.35. The van der Waals surface area contributed by atoms with Gasteiger partial charge in [-0.05, 0) is 24.6 Å². The van der Waals surface area contributed by atoms with Gasteiger partial charge in [-0.1, -0.05) is 12.1 Å². The molecule has 7 heteroatoms. The molecular formula is C16H14O5S2. The highest BCUT2D eigenvalue weighted by atomic mass is 32.2. The first-order valence-electron chi connectivity index (χ1n) is 7.28. The van der Waals surface area contributed by atoms with Crippen LogP contribution in [-0.2, 0) is 21.2 Å². The molecule has 23 heavy (non-hydrogen) atoms. The standard InChI is InChI=1S/C16H14O5S2/c17-16(21-11-5-6-23(18,19)9-11)14-7-10-8-20-13-4-2-1-3-12(13)15(10)22-14/h1-4,7,11H,5-6,8-9H2/t11-/m1/s1. The summed E-state index contributed by atoms with van der Waals surface area (Å²) < 4.78 is 33.9. The zero-order valence-electron chi connectivity index (χ0n) is 12.2. The van der Waals surface area contributed by atoms with E-state index in [0.29, 0.717) is 17.9 Å². The van der Waals surface area contributed by atoms with Crippen molar-refractivity contribution in [2.24, 2.45) is 0 Å². The molecule has 120 valence electrons. The summed E-state index contributed by atoms with van der Waals surface area (Å²) in [5, 5.41) is 0. The second-order valence-corrected chi connectivity index (χ2v) is 8.96. The van der Waals surface area contributed by atoms with Crippen LogP contribution < -0.4 is 4.74 Å². The van der Waals surface area contributed by atoms with Crippen molar-refractivity contribution >= 4 is 27.1 Å². The quantitative estimate of drug-likeness (QED) is 0.779. The number of rotatable bonds is 2. The first-order valence-corrected chi connectivity index (χ1v) is 9.92. The Balaban J connectivity index is 1.58. The van der Waals surface area contributed by atoms with Gasteiger partial charge in [0.15, 0.2) is 9.84 Å². The van der Waals surface area contributed by atoms with E-state index in [2.05, 4.69) is 0 Å². The van der Waals surface area contributed by atoms with Crippen LogP contribution in [0.15, 0.2) is 30.3 Å². The third-order valence-electron chi connectivity index (χ3n) is 3.99. The lowest BCUT2D eigenvalue weighted by Gasteiger charge is -2.16. The highest BCUT2D eigenvalue weighted by molar-refractivity contribution is 7.91. The molecule has 4 rings (SSSR count). The topological polar surface area (TPSA) is 69.7 Å². The van der Waals surface area contributed by atoms with Gasteiger partial charge in [0.05, 0.1) is 11.5 Å². The molecule has 1 saturated heterocycles. The largest absolute Gasteiger partial charge is 0.488 e. The third-order valence-corrected chi connectivity index (χ3v) is 6.92. The average molecular weight is 350 g/mol. The Morgan fingerprint density at radius 3 is 2.91 bits per heavy atom. The highest BCUT2D eigenvalue weighted by Crippen LogP contribution is 2.42. The van der Waals surface area contributed by atoms with Crippen molar-refractivity contribution in [2.45, 2.75) is 19.1 Å². The van der Waals surface area contributed by atoms with E-state index in [9.17, 15) is 13.2 Å². The van der Waals surface area contributed by atoms with Crippen LogP contribution in [0.25, 0.3) is 10.4 Å². The van der Waals surface area contributed by atoms with Gasteiger partial charge in [-0.25, -0.2) is 13.2 Å². The molecule has 1 atom stereocenters. The molecule has 1 aromatic heterocycles. The molecule has 0 radical (unpaired) electrons. The van der Waals surface area contributed by atoms with Crippen LogP contribution in [0.4, 0.5) is 0 Å². The smallest absolute Gasteiger partial charge is 0.348 e. The molecule has 2 aliphatic heterocycles. The van der Waals surface area contributed by atoms with E-state index >= 15 is 0 Å². The van der Waals surface area contributed by atoms with Crippen LogP contribution in [-0.4, -0.2) is 32.0 Å². The maximum atomic E-state index is 12.3. The molecule has 1 aromatic carbocycles. The molecule has 0 N–H and O–H groups in total. The number of carbonyl (C=O) groups excluding carboxylic acids is 1. The second-order valence-electron chi connectivity index (χ2n) is 5.68. The zero-order valence-corrected chi connectivity index (χ0v) is 13.8. The van der Waals surface area contributed by atoms with Crippen molar-refractivity contribution in [3.8, 4) is 16.2 Å². The van der Waals surface area contributed by atoms with Gasteiger partial charge in [-0.3, -0.25) is 0 Å². The Morgan fingerprint density at radius 2 is 2.13 bits per heavy atom. The number of carbonyl (C=O) groups is 1. The summed E-state index contributed by atoms with van der Waals surface area (Å²) in [6.07, 6.45) is -0.152. The zero-order chi connectivity index (χ0) is 16.0. The van der Waals surface area contributed by atoms with E-state index in [4.69, 9.17) is 9.47 Å². The van der Waals surface area contributed by atoms with Gasteiger partial charge in [-0.15, -0.1) is 11.3 Å². The third kappa shape index (κ3) is 2.74. The molecule has 0 aliphatic carbocycles. The Bertz CT molecular complexity index is 882. The summed E-state index contributed by atoms with van der Waals surface area (Å²) in [7, 11) is -3.06. The number of esters is 1. The minimum Gasteiger partial charge on any atom is -0.488 e. The fourth-order valence-electron chi connectivity index (χ4n) is 2.86. The lowest BCUT2D eigenvalue weighted by atomic mass is 10.1. The number of ether oxygens (including phenoxy) is 2. The van der Waals surface area contributed by atoms with Crippen molar-refractivity contribution in [2.75, 3.05) is 11.5 Å². The predicted molar refractivity (Wildman–Crippen MR) is 86.6 cm³/mol. The molecule has 0 spiro atoms. The van der Waals surface area contributed by atoms with Crippen molar-refractivity contribution in [1.29, 1.82) is 0 Å². The summed E-state index contributed by atoms with van der Waals surface area (Å²) in [5.41, 5.74) is 1.93. The normalized spacial score (nSPS) is 21.1. The molecule has 2 aliphatic rings. The van der Waals surface area contributed by atoms with E-state index in [1.54, 1.807) is 6.07 Å². The molecule has 0 amide bonds. The van der Waals surface area contributed by atoms with Crippen LogP contribution in [0.1, 0.15) is 21.7 Å². The number of hydrogen-bond acceptors (Lipinski definition) is 6. The molecular weight excluding hydrogens is 336 g/mol. The molecule has 0 bridgehead atoms.